The van der Waals surface area contributed by atoms with Crippen LogP contribution >= 0.6 is 0 Å². The molecule has 1 aromatic carbocycles. The molecule has 18 heavy (non-hydrogen) atoms. The van der Waals surface area contributed by atoms with Gasteiger partial charge in [0.2, 0.25) is 5.75 Å². The maximum Gasteiger partial charge on any atom is 0.420 e. The van der Waals surface area contributed by atoms with Gasteiger partial charge in [0.15, 0.2) is 0 Å². The zero-order chi connectivity index (χ0) is 13.9. The van der Waals surface area contributed by atoms with Crippen molar-refractivity contribution >= 4 is 5.69 Å². The monoisotopic (exact) mass is 260 g/mol. The van der Waals surface area contributed by atoms with Crippen molar-refractivity contribution in [2.24, 2.45) is 0 Å². The summed E-state index contributed by atoms with van der Waals surface area (Å²) in [5.74, 6) is -0.922. The summed E-state index contributed by atoms with van der Waals surface area (Å²) >= 11 is 0. The quantitative estimate of drug-likeness (QED) is 0.618. The van der Waals surface area contributed by atoms with Gasteiger partial charge in [-0.25, -0.2) is 0 Å². The zero-order valence-corrected chi connectivity index (χ0v) is 9.11. The van der Waals surface area contributed by atoms with E-state index in [-0.39, 0.29) is 6.61 Å². The summed E-state index contributed by atoms with van der Waals surface area (Å²) in [6.45, 7) is 1.21. The predicted molar refractivity (Wildman–Crippen MR) is 54.0 cm³/mol. The zero-order valence-electron chi connectivity index (χ0n) is 9.11. The topological polar surface area (TPSA) is 76.2 Å². The molecule has 8 heteroatoms. The Kier molecular flexibility index (Phi) is 3.76. The van der Waals surface area contributed by atoms with Crippen LogP contribution in [-0.4, -0.2) is 11.5 Å². The number of nitrogens with zero attached hydrogens (tertiary/aromatic N) is 2. The molecule has 0 fully saturated rings. The molecule has 0 unspecified atom stereocenters. The predicted octanol–water partition coefficient (Wildman–Crippen LogP) is 2.88. The molecule has 0 spiro atoms. The first kappa shape index (κ1) is 13.8. The third-order valence-corrected chi connectivity index (χ3v) is 2.03. The Morgan fingerprint density at radius 2 is 2.11 bits per heavy atom. The molecule has 0 amide bonds. The van der Waals surface area contributed by atoms with Crippen LogP contribution < -0.4 is 4.74 Å². The normalized spacial score (nSPS) is 10.8. The van der Waals surface area contributed by atoms with Crippen LogP contribution in [0, 0.1) is 21.4 Å². The van der Waals surface area contributed by atoms with Gasteiger partial charge in [0, 0.05) is 0 Å². The second-order valence-corrected chi connectivity index (χ2v) is 3.14. The Morgan fingerprint density at radius 1 is 1.50 bits per heavy atom. The van der Waals surface area contributed by atoms with Gasteiger partial charge in [-0.2, -0.15) is 18.4 Å². The summed E-state index contributed by atoms with van der Waals surface area (Å²) in [6.07, 6.45) is -4.79. The Labute approximate surface area is 99.5 Å². The van der Waals surface area contributed by atoms with Crippen LogP contribution in [0.3, 0.4) is 0 Å². The standard InChI is InChI=1S/C10H7F3N2O3/c1-2-18-9-7(10(11,12)13)4-3-6(5-14)8(9)15(16)17/h3-4H,2H2,1H3. The van der Waals surface area contributed by atoms with E-state index in [9.17, 15) is 23.3 Å². The lowest BCUT2D eigenvalue weighted by Crippen LogP contribution is -2.11. The van der Waals surface area contributed by atoms with Crippen molar-refractivity contribution < 1.29 is 22.8 Å². The van der Waals surface area contributed by atoms with E-state index in [1.165, 1.54) is 13.0 Å². The number of rotatable bonds is 3. The smallest absolute Gasteiger partial charge is 0.420 e. The van der Waals surface area contributed by atoms with Gasteiger partial charge < -0.3 is 4.74 Å². The highest BCUT2D eigenvalue weighted by atomic mass is 19.4. The fourth-order valence-electron chi connectivity index (χ4n) is 1.36. The second-order valence-electron chi connectivity index (χ2n) is 3.14. The molecule has 0 aromatic heterocycles. The van der Waals surface area contributed by atoms with E-state index in [1.807, 2.05) is 0 Å². The average molecular weight is 260 g/mol. The molecule has 0 aliphatic carbocycles. The SMILES string of the molecule is CCOc1c(C(F)(F)F)ccc(C#N)c1[N+](=O)[O-]. The van der Waals surface area contributed by atoms with Gasteiger partial charge in [-0.1, -0.05) is 0 Å². The Balaban J connectivity index is 3.63. The first-order valence-electron chi connectivity index (χ1n) is 4.74. The number of halogens is 3. The summed E-state index contributed by atoms with van der Waals surface area (Å²) in [7, 11) is 0. The average Bonchev–Trinajstić information content (AvgIpc) is 2.26. The maximum absolute atomic E-state index is 12.7. The molecule has 0 N–H and O–H groups in total. The van der Waals surface area contributed by atoms with Gasteiger partial charge >= 0.3 is 11.9 Å². The number of alkyl halides is 3. The fourth-order valence-corrected chi connectivity index (χ4v) is 1.36. The van der Waals surface area contributed by atoms with Crippen molar-refractivity contribution in [1.82, 2.24) is 0 Å². The molecule has 0 heterocycles. The van der Waals surface area contributed by atoms with Gasteiger partial charge in [-0.15, -0.1) is 0 Å². The molecule has 0 saturated carbocycles. The van der Waals surface area contributed by atoms with E-state index >= 15 is 0 Å². The molecular formula is C10H7F3N2O3. The lowest BCUT2D eigenvalue weighted by atomic mass is 10.1. The lowest BCUT2D eigenvalue weighted by Gasteiger charge is -2.13. The third kappa shape index (κ3) is 2.51. The number of hydrogen-bond donors (Lipinski definition) is 0. The summed E-state index contributed by atoms with van der Waals surface area (Å²) in [5, 5.41) is 19.4. The summed E-state index contributed by atoms with van der Waals surface area (Å²) in [6, 6.07) is 2.81. The van der Waals surface area contributed by atoms with Crippen molar-refractivity contribution in [1.29, 1.82) is 5.26 Å². The summed E-state index contributed by atoms with van der Waals surface area (Å²) < 4.78 is 42.7. The number of ether oxygens (including phenoxy) is 1. The number of nitro benzene ring substituents is 1. The molecule has 1 aromatic rings. The number of hydrogen-bond acceptors (Lipinski definition) is 4. The van der Waals surface area contributed by atoms with E-state index in [0.29, 0.717) is 6.07 Å². The Morgan fingerprint density at radius 3 is 2.50 bits per heavy atom. The van der Waals surface area contributed by atoms with Crippen molar-refractivity contribution in [3.8, 4) is 11.8 Å². The van der Waals surface area contributed by atoms with E-state index in [0.717, 1.165) is 6.07 Å². The van der Waals surface area contributed by atoms with E-state index < -0.39 is 33.7 Å². The highest BCUT2D eigenvalue weighted by Gasteiger charge is 2.39. The van der Waals surface area contributed by atoms with Crippen molar-refractivity contribution in [3.63, 3.8) is 0 Å². The third-order valence-electron chi connectivity index (χ3n) is 2.03. The molecule has 0 bridgehead atoms. The molecule has 5 nitrogen and oxygen atoms in total. The Hall–Kier alpha value is -2.30. The molecule has 1 rings (SSSR count). The van der Waals surface area contributed by atoms with Crippen LogP contribution in [0.25, 0.3) is 0 Å². The van der Waals surface area contributed by atoms with Gasteiger partial charge in [0.05, 0.1) is 11.5 Å². The Bertz CT molecular complexity index is 520. The van der Waals surface area contributed by atoms with Gasteiger partial charge in [0.1, 0.15) is 17.2 Å². The van der Waals surface area contributed by atoms with Crippen molar-refractivity contribution in [3.05, 3.63) is 33.4 Å². The first-order valence-corrected chi connectivity index (χ1v) is 4.74. The van der Waals surface area contributed by atoms with Crippen LogP contribution in [0.5, 0.6) is 5.75 Å². The largest absolute Gasteiger partial charge is 0.487 e. The molecule has 0 aliphatic rings. The molecule has 96 valence electrons. The van der Waals surface area contributed by atoms with Crippen LogP contribution in [0.15, 0.2) is 12.1 Å². The molecule has 0 atom stereocenters. The highest BCUT2D eigenvalue weighted by Crippen LogP contribution is 2.42. The molecular weight excluding hydrogens is 253 g/mol. The summed E-state index contributed by atoms with van der Waals surface area (Å²) in [5.41, 5.74) is -2.71. The molecule has 0 radical (unpaired) electrons. The summed E-state index contributed by atoms with van der Waals surface area (Å²) in [4.78, 5) is 9.71. The molecule has 0 aliphatic heterocycles. The number of benzene rings is 1. The highest BCUT2D eigenvalue weighted by molar-refractivity contribution is 5.62. The van der Waals surface area contributed by atoms with Crippen LogP contribution in [0.4, 0.5) is 18.9 Å². The van der Waals surface area contributed by atoms with E-state index in [1.54, 1.807) is 0 Å². The minimum atomic E-state index is -4.79. The van der Waals surface area contributed by atoms with Gasteiger partial charge in [-0.3, -0.25) is 10.1 Å². The maximum atomic E-state index is 12.7. The van der Waals surface area contributed by atoms with Crippen LogP contribution in [0.2, 0.25) is 0 Å². The van der Waals surface area contributed by atoms with Crippen LogP contribution in [0.1, 0.15) is 18.1 Å². The lowest BCUT2D eigenvalue weighted by molar-refractivity contribution is -0.386. The minimum absolute atomic E-state index is 0.182. The van der Waals surface area contributed by atoms with Crippen molar-refractivity contribution in [2.75, 3.05) is 6.61 Å². The number of nitro groups is 1. The second kappa shape index (κ2) is 4.91. The fraction of sp³-hybridized carbons (Fsp3) is 0.300. The number of nitriles is 1. The van der Waals surface area contributed by atoms with Gasteiger partial charge in [-0.05, 0) is 19.1 Å². The van der Waals surface area contributed by atoms with E-state index in [2.05, 4.69) is 4.74 Å². The minimum Gasteiger partial charge on any atom is -0.487 e. The van der Waals surface area contributed by atoms with Gasteiger partial charge in [0.25, 0.3) is 0 Å². The van der Waals surface area contributed by atoms with E-state index in [4.69, 9.17) is 5.26 Å². The first-order chi connectivity index (χ1) is 8.32. The van der Waals surface area contributed by atoms with Crippen LogP contribution in [-0.2, 0) is 6.18 Å². The van der Waals surface area contributed by atoms with Crippen molar-refractivity contribution in [2.45, 2.75) is 13.1 Å². The molecule has 0 saturated heterocycles.